The molecule has 0 unspecified atom stereocenters. The van der Waals surface area contributed by atoms with Crippen LogP contribution >= 0.6 is 0 Å². The van der Waals surface area contributed by atoms with Gasteiger partial charge in [0.1, 0.15) is 0 Å². The van der Waals surface area contributed by atoms with Gasteiger partial charge in [-0.2, -0.15) is 0 Å². The van der Waals surface area contributed by atoms with Crippen LogP contribution in [0.2, 0.25) is 0 Å². The van der Waals surface area contributed by atoms with Crippen LogP contribution in [-0.4, -0.2) is 43.3 Å². The predicted octanol–water partition coefficient (Wildman–Crippen LogP) is 4.18. The summed E-state index contributed by atoms with van der Waals surface area (Å²) < 4.78 is 27.7. The second-order valence-electron chi connectivity index (χ2n) is 7.82. The van der Waals surface area contributed by atoms with Crippen LogP contribution in [0.15, 0.2) is 30.6 Å². The summed E-state index contributed by atoms with van der Waals surface area (Å²) >= 11 is 0. The highest BCUT2D eigenvalue weighted by Crippen LogP contribution is 2.37. The van der Waals surface area contributed by atoms with Crippen molar-refractivity contribution in [1.29, 1.82) is 0 Å². The van der Waals surface area contributed by atoms with E-state index in [1.807, 2.05) is 23.6 Å². The molecule has 0 bridgehead atoms. The Morgan fingerprint density at radius 3 is 2.62 bits per heavy atom. The zero-order valence-electron chi connectivity index (χ0n) is 16.5. The van der Waals surface area contributed by atoms with Crippen LogP contribution in [-0.2, 0) is 0 Å². The standard InChI is InChI=1S/C21H25F2N5O/c1-12-9-15(7-8-24-12)17-10-18(14-3-5-16(29)6-4-14)28-19(17)11-25-21(27-28)26-13(2)20(22)23/h7-11,13-14,16,20,29H,3-6H2,1-2H3,(H,26,27)/t13-,14-,16-/m0/s1. The van der Waals surface area contributed by atoms with Gasteiger partial charge in [-0.3, -0.25) is 4.98 Å². The minimum Gasteiger partial charge on any atom is -0.393 e. The van der Waals surface area contributed by atoms with Crippen LogP contribution in [0.3, 0.4) is 0 Å². The lowest BCUT2D eigenvalue weighted by Gasteiger charge is -2.25. The molecule has 0 aliphatic heterocycles. The van der Waals surface area contributed by atoms with Crippen molar-refractivity contribution in [2.45, 2.75) is 64.0 Å². The lowest BCUT2D eigenvalue weighted by atomic mass is 9.85. The fourth-order valence-corrected chi connectivity index (χ4v) is 3.95. The van der Waals surface area contributed by atoms with Crippen molar-refractivity contribution in [1.82, 2.24) is 19.6 Å². The Morgan fingerprint density at radius 2 is 1.93 bits per heavy atom. The van der Waals surface area contributed by atoms with E-state index in [2.05, 4.69) is 26.4 Å². The Balaban J connectivity index is 1.80. The van der Waals surface area contributed by atoms with E-state index in [4.69, 9.17) is 0 Å². The molecule has 2 N–H and O–H groups in total. The first-order valence-corrected chi connectivity index (χ1v) is 9.97. The lowest BCUT2D eigenvalue weighted by molar-refractivity contribution is 0.121. The topological polar surface area (TPSA) is 75.3 Å². The number of pyridine rings is 1. The van der Waals surface area contributed by atoms with E-state index >= 15 is 0 Å². The molecule has 29 heavy (non-hydrogen) atoms. The van der Waals surface area contributed by atoms with Crippen LogP contribution in [0, 0.1) is 6.92 Å². The summed E-state index contributed by atoms with van der Waals surface area (Å²) in [5, 5.41) is 17.1. The zero-order valence-corrected chi connectivity index (χ0v) is 16.5. The minimum atomic E-state index is -2.51. The molecule has 8 heteroatoms. The van der Waals surface area contributed by atoms with E-state index in [1.165, 1.54) is 6.92 Å². The summed E-state index contributed by atoms with van der Waals surface area (Å²) in [6.07, 6.45) is 3.92. The molecule has 0 saturated heterocycles. The summed E-state index contributed by atoms with van der Waals surface area (Å²) in [6.45, 7) is 3.35. The van der Waals surface area contributed by atoms with Crippen molar-refractivity contribution in [3.8, 4) is 11.1 Å². The molecule has 6 nitrogen and oxygen atoms in total. The number of fused-ring (bicyclic) bond motifs is 1. The van der Waals surface area contributed by atoms with Crippen molar-refractivity contribution in [2.75, 3.05) is 5.32 Å². The van der Waals surface area contributed by atoms with E-state index < -0.39 is 12.5 Å². The van der Waals surface area contributed by atoms with E-state index in [-0.39, 0.29) is 18.0 Å². The lowest BCUT2D eigenvalue weighted by Crippen LogP contribution is -2.25. The maximum atomic E-state index is 12.9. The number of halogens is 2. The van der Waals surface area contributed by atoms with Crippen LogP contribution < -0.4 is 5.32 Å². The van der Waals surface area contributed by atoms with Gasteiger partial charge in [0.25, 0.3) is 6.43 Å². The number of anilines is 1. The Morgan fingerprint density at radius 1 is 1.17 bits per heavy atom. The Kier molecular flexibility index (Phi) is 5.45. The highest BCUT2D eigenvalue weighted by molar-refractivity contribution is 5.81. The number of alkyl halides is 2. The molecule has 0 amide bonds. The first-order valence-electron chi connectivity index (χ1n) is 9.97. The Bertz CT molecular complexity index is 998. The van der Waals surface area contributed by atoms with Crippen LogP contribution in [0.5, 0.6) is 0 Å². The second kappa shape index (κ2) is 8.02. The number of hydrogen-bond donors (Lipinski definition) is 2. The highest BCUT2D eigenvalue weighted by Gasteiger charge is 2.26. The van der Waals surface area contributed by atoms with Gasteiger partial charge in [0, 0.05) is 29.1 Å². The van der Waals surface area contributed by atoms with Gasteiger partial charge in [-0.05, 0) is 63.3 Å². The van der Waals surface area contributed by atoms with Crippen molar-refractivity contribution in [2.24, 2.45) is 0 Å². The van der Waals surface area contributed by atoms with E-state index in [0.717, 1.165) is 53.7 Å². The fraction of sp³-hybridized carbons (Fsp3) is 0.476. The molecule has 3 heterocycles. The van der Waals surface area contributed by atoms with E-state index in [0.29, 0.717) is 0 Å². The van der Waals surface area contributed by atoms with Gasteiger partial charge < -0.3 is 10.4 Å². The number of rotatable bonds is 5. The normalized spacial score (nSPS) is 20.9. The van der Waals surface area contributed by atoms with Crippen molar-refractivity contribution in [3.05, 3.63) is 42.0 Å². The van der Waals surface area contributed by atoms with Crippen molar-refractivity contribution in [3.63, 3.8) is 0 Å². The second-order valence-corrected chi connectivity index (χ2v) is 7.82. The van der Waals surface area contributed by atoms with E-state index in [9.17, 15) is 13.9 Å². The summed E-state index contributed by atoms with van der Waals surface area (Å²) in [7, 11) is 0. The predicted molar refractivity (Wildman–Crippen MR) is 107 cm³/mol. The number of hydrogen-bond acceptors (Lipinski definition) is 5. The molecule has 4 rings (SSSR count). The van der Waals surface area contributed by atoms with Crippen LogP contribution in [0.4, 0.5) is 14.7 Å². The van der Waals surface area contributed by atoms with Gasteiger partial charge in [0.2, 0.25) is 5.95 Å². The summed E-state index contributed by atoms with van der Waals surface area (Å²) in [5.74, 6) is 0.424. The molecule has 0 radical (unpaired) electrons. The first-order chi connectivity index (χ1) is 13.9. The van der Waals surface area contributed by atoms with Gasteiger partial charge in [-0.25, -0.2) is 18.3 Å². The number of nitrogens with zero attached hydrogens (tertiary/aromatic N) is 4. The molecule has 3 aromatic heterocycles. The number of aryl methyl sites for hydroxylation is 1. The average Bonchev–Trinajstić information content (AvgIpc) is 3.07. The summed E-state index contributed by atoms with van der Waals surface area (Å²) in [6, 6.07) is 5.02. The van der Waals surface area contributed by atoms with Crippen LogP contribution in [0.25, 0.3) is 16.6 Å². The fourth-order valence-electron chi connectivity index (χ4n) is 3.95. The molecular weight excluding hydrogens is 376 g/mol. The maximum absolute atomic E-state index is 12.9. The summed E-state index contributed by atoms with van der Waals surface area (Å²) in [4.78, 5) is 8.54. The molecule has 154 valence electrons. The number of aromatic nitrogens is 4. The highest BCUT2D eigenvalue weighted by atomic mass is 19.3. The quantitative estimate of drug-likeness (QED) is 0.671. The first kappa shape index (κ1) is 19.7. The molecule has 1 aliphatic carbocycles. The third-order valence-corrected chi connectivity index (χ3v) is 5.60. The third kappa shape index (κ3) is 4.07. The molecule has 1 fully saturated rings. The largest absolute Gasteiger partial charge is 0.393 e. The van der Waals surface area contributed by atoms with Crippen LogP contribution in [0.1, 0.15) is 49.9 Å². The van der Waals surface area contributed by atoms with Gasteiger partial charge in [-0.15, -0.1) is 5.10 Å². The van der Waals surface area contributed by atoms with E-state index in [1.54, 1.807) is 12.4 Å². The monoisotopic (exact) mass is 401 g/mol. The molecule has 1 aliphatic rings. The number of aliphatic hydroxyl groups is 1. The van der Waals surface area contributed by atoms with Crippen molar-refractivity contribution < 1.29 is 13.9 Å². The Labute approximate surface area is 168 Å². The average molecular weight is 401 g/mol. The van der Waals surface area contributed by atoms with Gasteiger partial charge in [0.05, 0.1) is 23.9 Å². The molecule has 3 aromatic rings. The minimum absolute atomic E-state index is 0.176. The Hall–Kier alpha value is -2.61. The number of aliphatic hydroxyl groups excluding tert-OH is 1. The smallest absolute Gasteiger partial charge is 0.258 e. The number of nitrogens with one attached hydrogen (secondary N) is 1. The van der Waals surface area contributed by atoms with Crippen molar-refractivity contribution >= 4 is 11.5 Å². The van der Waals surface area contributed by atoms with Gasteiger partial charge >= 0.3 is 0 Å². The molecule has 0 spiro atoms. The molecule has 0 aromatic carbocycles. The SMILES string of the molecule is Cc1cc(-c2cc([C@H]3CC[C@H](O)CC3)n3nc(N[C@@H](C)C(F)F)ncc23)ccn1. The third-order valence-electron chi connectivity index (χ3n) is 5.60. The molecule has 1 saturated carbocycles. The zero-order chi connectivity index (χ0) is 20.5. The summed E-state index contributed by atoms with van der Waals surface area (Å²) in [5.41, 5.74) is 4.76. The molecular formula is C21H25F2N5O. The van der Waals surface area contributed by atoms with Gasteiger partial charge in [-0.1, -0.05) is 0 Å². The van der Waals surface area contributed by atoms with Gasteiger partial charge in [0.15, 0.2) is 0 Å². The molecule has 1 atom stereocenters. The maximum Gasteiger partial charge on any atom is 0.258 e.